The summed E-state index contributed by atoms with van der Waals surface area (Å²) in [6.45, 7) is 0.521. The van der Waals surface area contributed by atoms with Crippen molar-refractivity contribution in [3.05, 3.63) is 71.3 Å². The molecule has 0 saturated carbocycles. The van der Waals surface area contributed by atoms with Gasteiger partial charge in [-0.15, -0.1) is 11.8 Å². The predicted octanol–water partition coefficient (Wildman–Crippen LogP) is 2.65. The molecular formula is C20H19NO4S. The molecule has 5 nitrogen and oxygen atoms in total. The van der Waals surface area contributed by atoms with Crippen molar-refractivity contribution < 1.29 is 19.1 Å². The van der Waals surface area contributed by atoms with E-state index in [0.29, 0.717) is 17.9 Å². The van der Waals surface area contributed by atoms with Gasteiger partial charge in [-0.1, -0.05) is 48.5 Å². The summed E-state index contributed by atoms with van der Waals surface area (Å²) in [6, 6.07) is 16.9. The fourth-order valence-electron chi connectivity index (χ4n) is 3.69. The third kappa shape index (κ3) is 2.44. The van der Waals surface area contributed by atoms with Gasteiger partial charge in [0, 0.05) is 24.0 Å². The summed E-state index contributed by atoms with van der Waals surface area (Å²) in [7, 11) is 1.56. The third-order valence-electron chi connectivity index (χ3n) is 4.81. The van der Waals surface area contributed by atoms with Gasteiger partial charge >= 0.3 is 5.97 Å². The Bertz CT molecular complexity index is 841. The van der Waals surface area contributed by atoms with E-state index in [0.717, 1.165) is 11.1 Å². The maximum absolute atomic E-state index is 13.2. The van der Waals surface area contributed by atoms with Crippen molar-refractivity contribution in [3.8, 4) is 0 Å². The van der Waals surface area contributed by atoms with Gasteiger partial charge in [0.1, 0.15) is 17.5 Å². The number of rotatable bonds is 5. The van der Waals surface area contributed by atoms with Gasteiger partial charge in [-0.3, -0.25) is 4.79 Å². The van der Waals surface area contributed by atoms with Crippen LogP contribution >= 0.6 is 11.8 Å². The van der Waals surface area contributed by atoms with Crippen LogP contribution in [0.15, 0.2) is 54.6 Å². The van der Waals surface area contributed by atoms with Crippen LogP contribution in [0.1, 0.15) is 21.5 Å². The molecule has 1 amide bonds. The van der Waals surface area contributed by atoms with Crippen molar-refractivity contribution >= 4 is 23.6 Å². The van der Waals surface area contributed by atoms with Crippen LogP contribution in [0.25, 0.3) is 0 Å². The Kier molecular flexibility index (Phi) is 4.46. The molecule has 2 aliphatic heterocycles. The monoisotopic (exact) mass is 369 g/mol. The lowest BCUT2D eigenvalue weighted by Gasteiger charge is -2.34. The van der Waals surface area contributed by atoms with Crippen LogP contribution in [-0.2, 0) is 19.1 Å². The molecule has 0 spiro atoms. The Hall–Kier alpha value is -2.31. The van der Waals surface area contributed by atoms with Crippen molar-refractivity contribution in [2.24, 2.45) is 0 Å². The Morgan fingerprint density at radius 1 is 1.15 bits per heavy atom. The van der Waals surface area contributed by atoms with Crippen LogP contribution in [0.3, 0.4) is 0 Å². The number of hydrogen-bond donors (Lipinski definition) is 0. The lowest BCUT2D eigenvalue weighted by Crippen LogP contribution is -2.47. The second kappa shape index (κ2) is 6.78. The normalized spacial score (nSPS) is 23.7. The summed E-state index contributed by atoms with van der Waals surface area (Å²) >= 11 is 1.61. The second-order valence-electron chi connectivity index (χ2n) is 6.22. The van der Waals surface area contributed by atoms with Crippen molar-refractivity contribution in [1.29, 1.82) is 0 Å². The number of esters is 1. The van der Waals surface area contributed by atoms with E-state index in [2.05, 4.69) is 0 Å². The summed E-state index contributed by atoms with van der Waals surface area (Å²) in [4.78, 5) is 26.9. The lowest BCUT2D eigenvalue weighted by atomic mass is 9.97. The van der Waals surface area contributed by atoms with E-state index in [1.165, 1.54) is 0 Å². The molecule has 2 heterocycles. The second-order valence-corrected chi connectivity index (χ2v) is 7.43. The van der Waals surface area contributed by atoms with E-state index >= 15 is 0 Å². The maximum atomic E-state index is 13.2. The van der Waals surface area contributed by atoms with Crippen molar-refractivity contribution in [1.82, 2.24) is 4.90 Å². The summed E-state index contributed by atoms with van der Waals surface area (Å²) in [5.74, 6) is -0.00232. The molecule has 2 aromatic rings. The van der Waals surface area contributed by atoms with Crippen molar-refractivity contribution in [2.75, 3.05) is 26.1 Å². The van der Waals surface area contributed by atoms with Gasteiger partial charge in [-0.25, -0.2) is 4.79 Å². The highest BCUT2D eigenvalue weighted by Crippen LogP contribution is 2.57. The topological polar surface area (TPSA) is 55.8 Å². The molecule has 0 N–H and O–H groups in total. The van der Waals surface area contributed by atoms with E-state index in [9.17, 15) is 9.59 Å². The Balaban J connectivity index is 1.77. The molecule has 6 heteroatoms. The first-order chi connectivity index (χ1) is 12.7. The van der Waals surface area contributed by atoms with Crippen LogP contribution in [0.2, 0.25) is 0 Å². The van der Waals surface area contributed by atoms with Gasteiger partial charge in [0.05, 0.1) is 6.61 Å². The SMILES string of the molecule is COCCOC(=O)C1CSC2(c3ccccc3)c3ccccc3C(=O)N12. The number of fused-ring (bicyclic) bond motifs is 3. The maximum Gasteiger partial charge on any atom is 0.329 e. The number of nitrogens with zero attached hydrogens (tertiary/aromatic N) is 1. The van der Waals surface area contributed by atoms with Gasteiger partial charge in [-0.2, -0.15) is 0 Å². The number of thioether (sulfide) groups is 1. The highest BCUT2D eigenvalue weighted by atomic mass is 32.2. The average molecular weight is 369 g/mol. The van der Waals surface area contributed by atoms with Crippen LogP contribution < -0.4 is 0 Å². The standard InChI is InChI=1S/C20H19NO4S/c1-24-11-12-25-19(23)17-13-26-20(14-7-3-2-4-8-14)16-10-6-5-9-15(16)18(22)21(17)20/h2-10,17H,11-13H2,1H3. The Morgan fingerprint density at radius 3 is 2.65 bits per heavy atom. The molecule has 134 valence electrons. The lowest BCUT2D eigenvalue weighted by molar-refractivity contribution is -0.149. The molecule has 1 fully saturated rings. The predicted molar refractivity (Wildman–Crippen MR) is 98.9 cm³/mol. The first-order valence-electron chi connectivity index (χ1n) is 8.48. The smallest absolute Gasteiger partial charge is 0.329 e. The van der Waals surface area contributed by atoms with Crippen LogP contribution in [-0.4, -0.2) is 48.9 Å². The van der Waals surface area contributed by atoms with Gasteiger partial charge in [0.2, 0.25) is 0 Å². The number of carbonyl (C=O) groups excluding carboxylic acids is 2. The number of benzene rings is 2. The zero-order valence-corrected chi connectivity index (χ0v) is 15.2. The highest BCUT2D eigenvalue weighted by Gasteiger charge is 2.60. The number of hydrogen-bond acceptors (Lipinski definition) is 5. The molecular weight excluding hydrogens is 350 g/mol. The quantitative estimate of drug-likeness (QED) is 0.599. The molecule has 4 rings (SSSR count). The van der Waals surface area contributed by atoms with Gasteiger partial charge < -0.3 is 14.4 Å². The minimum absolute atomic E-state index is 0.122. The minimum atomic E-state index is -0.681. The summed E-state index contributed by atoms with van der Waals surface area (Å²) in [6.07, 6.45) is 0. The molecule has 1 saturated heterocycles. The minimum Gasteiger partial charge on any atom is -0.462 e. The van der Waals surface area contributed by atoms with Gasteiger partial charge in [-0.05, 0) is 11.6 Å². The van der Waals surface area contributed by atoms with Gasteiger partial charge in [0.15, 0.2) is 0 Å². The average Bonchev–Trinajstić information content (AvgIpc) is 3.19. The third-order valence-corrected chi connectivity index (χ3v) is 6.36. The molecule has 2 atom stereocenters. The number of ether oxygens (including phenoxy) is 2. The first kappa shape index (κ1) is 17.1. The molecule has 0 aromatic heterocycles. The number of carbonyl (C=O) groups is 2. The van der Waals surface area contributed by atoms with Gasteiger partial charge in [0.25, 0.3) is 5.91 Å². The molecule has 2 aromatic carbocycles. The molecule has 0 aliphatic carbocycles. The summed E-state index contributed by atoms with van der Waals surface area (Å²) < 4.78 is 10.3. The van der Waals surface area contributed by atoms with Crippen LogP contribution in [0.5, 0.6) is 0 Å². The molecule has 2 unspecified atom stereocenters. The molecule has 26 heavy (non-hydrogen) atoms. The zero-order valence-electron chi connectivity index (χ0n) is 14.4. The largest absolute Gasteiger partial charge is 0.462 e. The Morgan fingerprint density at radius 2 is 1.88 bits per heavy atom. The Labute approximate surface area is 156 Å². The summed E-state index contributed by atoms with van der Waals surface area (Å²) in [5.41, 5.74) is 2.59. The summed E-state index contributed by atoms with van der Waals surface area (Å²) in [5, 5.41) is 0. The number of methoxy groups -OCH3 is 1. The zero-order chi connectivity index (χ0) is 18.1. The van der Waals surface area contributed by atoms with E-state index in [-0.39, 0.29) is 18.5 Å². The van der Waals surface area contributed by atoms with E-state index in [1.54, 1.807) is 23.8 Å². The highest BCUT2D eigenvalue weighted by molar-refractivity contribution is 8.00. The van der Waals surface area contributed by atoms with E-state index in [1.807, 2.05) is 54.6 Å². The molecule has 2 aliphatic rings. The van der Waals surface area contributed by atoms with Crippen molar-refractivity contribution in [3.63, 3.8) is 0 Å². The van der Waals surface area contributed by atoms with Crippen LogP contribution in [0.4, 0.5) is 0 Å². The number of amides is 1. The molecule has 0 radical (unpaired) electrons. The fourth-order valence-corrected chi connectivity index (χ4v) is 5.36. The van der Waals surface area contributed by atoms with Crippen molar-refractivity contribution in [2.45, 2.75) is 10.9 Å². The van der Waals surface area contributed by atoms with Crippen LogP contribution in [0, 0.1) is 0 Å². The first-order valence-corrected chi connectivity index (χ1v) is 9.47. The van der Waals surface area contributed by atoms with E-state index < -0.39 is 10.9 Å². The molecule has 0 bridgehead atoms. The van der Waals surface area contributed by atoms with E-state index in [4.69, 9.17) is 9.47 Å². The fraction of sp³-hybridized carbons (Fsp3) is 0.300.